The highest BCUT2D eigenvalue weighted by atomic mass is 35.5. The van der Waals surface area contributed by atoms with Crippen molar-refractivity contribution >= 4 is 28.3 Å². The Morgan fingerprint density at radius 1 is 1.27 bits per heavy atom. The maximum atomic E-state index is 6.05. The maximum Gasteiger partial charge on any atom is 0.126 e. The van der Waals surface area contributed by atoms with E-state index in [0.29, 0.717) is 0 Å². The van der Waals surface area contributed by atoms with Crippen LogP contribution in [0.4, 0.5) is 5.82 Å². The summed E-state index contributed by atoms with van der Waals surface area (Å²) in [4.78, 5) is 7.11. The number of halogens is 1. The van der Waals surface area contributed by atoms with Crippen molar-refractivity contribution in [1.29, 1.82) is 0 Å². The minimum Gasteiger partial charge on any atom is -0.379 e. The third-order valence-electron chi connectivity index (χ3n) is 4.04. The number of pyridine rings is 1. The average Bonchev–Trinajstić information content (AvgIpc) is 2.53. The first-order chi connectivity index (χ1) is 10.7. The van der Waals surface area contributed by atoms with Crippen molar-refractivity contribution in [3.8, 4) is 0 Å². The zero-order valence-corrected chi connectivity index (χ0v) is 13.7. The van der Waals surface area contributed by atoms with E-state index >= 15 is 0 Å². The summed E-state index contributed by atoms with van der Waals surface area (Å²) in [6.07, 6.45) is 1.11. The largest absolute Gasteiger partial charge is 0.379 e. The van der Waals surface area contributed by atoms with Crippen molar-refractivity contribution in [1.82, 2.24) is 9.88 Å². The Labute approximate surface area is 136 Å². The van der Waals surface area contributed by atoms with E-state index in [1.807, 2.05) is 18.2 Å². The number of aryl methyl sites for hydroxylation is 1. The molecule has 0 bridgehead atoms. The van der Waals surface area contributed by atoms with E-state index in [1.54, 1.807) is 0 Å². The second kappa shape index (κ2) is 7.27. The Morgan fingerprint density at radius 2 is 2.09 bits per heavy atom. The monoisotopic (exact) mass is 319 g/mol. The number of morpholine rings is 1. The summed E-state index contributed by atoms with van der Waals surface area (Å²) in [6.45, 7) is 7.96. The van der Waals surface area contributed by atoms with Gasteiger partial charge in [0.2, 0.25) is 0 Å². The SMILES string of the molecule is Cc1cc(NCCCN2CCOCC2)nc2ccc(Cl)cc12. The molecule has 0 aliphatic carbocycles. The van der Waals surface area contributed by atoms with Crippen LogP contribution in [-0.2, 0) is 4.74 Å². The van der Waals surface area contributed by atoms with Gasteiger partial charge in [0.25, 0.3) is 0 Å². The predicted octanol–water partition coefficient (Wildman–Crippen LogP) is 3.33. The molecule has 2 heterocycles. The zero-order valence-electron chi connectivity index (χ0n) is 12.9. The standard InChI is InChI=1S/C17H22ClN3O/c1-13-11-17(20-16-4-3-14(18)12-15(13)16)19-5-2-6-21-7-9-22-10-8-21/h3-4,11-12H,2,5-10H2,1H3,(H,19,20). The Kier molecular flexibility index (Phi) is 5.13. The molecule has 1 aromatic heterocycles. The van der Waals surface area contributed by atoms with Gasteiger partial charge in [-0.2, -0.15) is 0 Å². The summed E-state index contributed by atoms with van der Waals surface area (Å²) < 4.78 is 5.36. The van der Waals surface area contributed by atoms with E-state index in [2.05, 4.69) is 28.2 Å². The molecule has 1 N–H and O–H groups in total. The van der Waals surface area contributed by atoms with Gasteiger partial charge in [0.1, 0.15) is 5.82 Å². The molecule has 22 heavy (non-hydrogen) atoms. The van der Waals surface area contributed by atoms with Crippen LogP contribution < -0.4 is 5.32 Å². The van der Waals surface area contributed by atoms with Gasteiger partial charge in [-0.25, -0.2) is 4.98 Å². The molecule has 0 spiro atoms. The molecule has 0 unspecified atom stereocenters. The first-order valence-electron chi connectivity index (χ1n) is 7.83. The fraction of sp³-hybridized carbons (Fsp3) is 0.471. The van der Waals surface area contributed by atoms with Gasteiger partial charge in [-0.3, -0.25) is 4.90 Å². The van der Waals surface area contributed by atoms with Crippen LogP contribution in [0.5, 0.6) is 0 Å². The molecule has 1 fully saturated rings. The third-order valence-corrected chi connectivity index (χ3v) is 4.27. The molecule has 2 aromatic rings. The molecule has 0 radical (unpaired) electrons. The average molecular weight is 320 g/mol. The molecule has 0 atom stereocenters. The summed E-state index contributed by atoms with van der Waals surface area (Å²) in [6, 6.07) is 7.93. The second-order valence-electron chi connectivity index (χ2n) is 5.72. The van der Waals surface area contributed by atoms with Crippen molar-refractivity contribution in [3.63, 3.8) is 0 Å². The van der Waals surface area contributed by atoms with E-state index < -0.39 is 0 Å². The molecule has 118 valence electrons. The minimum atomic E-state index is 0.753. The van der Waals surface area contributed by atoms with Crippen LogP contribution in [0, 0.1) is 6.92 Å². The molecule has 4 nitrogen and oxygen atoms in total. The van der Waals surface area contributed by atoms with Crippen LogP contribution in [0.1, 0.15) is 12.0 Å². The van der Waals surface area contributed by atoms with Gasteiger partial charge in [0.05, 0.1) is 18.7 Å². The third kappa shape index (κ3) is 3.88. The summed E-state index contributed by atoms with van der Waals surface area (Å²) in [5.41, 5.74) is 2.18. The summed E-state index contributed by atoms with van der Waals surface area (Å²) >= 11 is 6.05. The molecular formula is C17H22ClN3O. The Bertz CT molecular complexity index is 641. The normalized spacial score (nSPS) is 16.1. The van der Waals surface area contributed by atoms with Crippen LogP contribution in [0.15, 0.2) is 24.3 Å². The molecule has 1 aliphatic rings. The van der Waals surface area contributed by atoms with Crippen molar-refractivity contribution in [2.75, 3.05) is 44.7 Å². The van der Waals surface area contributed by atoms with Crippen LogP contribution >= 0.6 is 11.6 Å². The Morgan fingerprint density at radius 3 is 2.91 bits per heavy atom. The highest BCUT2D eigenvalue weighted by molar-refractivity contribution is 6.31. The molecule has 0 amide bonds. The predicted molar refractivity (Wildman–Crippen MR) is 91.9 cm³/mol. The van der Waals surface area contributed by atoms with Gasteiger partial charge in [0.15, 0.2) is 0 Å². The Hall–Kier alpha value is -1.36. The number of nitrogens with one attached hydrogen (secondary N) is 1. The molecule has 0 saturated carbocycles. The first-order valence-corrected chi connectivity index (χ1v) is 8.21. The number of aromatic nitrogens is 1. The van der Waals surface area contributed by atoms with E-state index in [1.165, 1.54) is 5.56 Å². The maximum absolute atomic E-state index is 6.05. The van der Waals surface area contributed by atoms with Gasteiger partial charge in [-0.15, -0.1) is 0 Å². The van der Waals surface area contributed by atoms with E-state index in [9.17, 15) is 0 Å². The zero-order chi connectivity index (χ0) is 15.4. The number of ether oxygens (including phenoxy) is 1. The number of anilines is 1. The summed E-state index contributed by atoms with van der Waals surface area (Å²) in [5, 5.41) is 5.30. The number of nitrogens with zero attached hydrogens (tertiary/aromatic N) is 2. The lowest BCUT2D eigenvalue weighted by atomic mass is 10.1. The van der Waals surface area contributed by atoms with E-state index in [0.717, 1.165) is 67.6 Å². The van der Waals surface area contributed by atoms with Gasteiger partial charge >= 0.3 is 0 Å². The topological polar surface area (TPSA) is 37.4 Å². The lowest BCUT2D eigenvalue weighted by Crippen LogP contribution is -2.37. The fourth-order valence-electron chi connectivity index (χ4n) is 2.80. The number of rotatable bonds is 5. The quantitative estimate of drug-likeness (QED) is 0.858. The number of benzene rings is 1. The van der Waals surface area contributed by atoms with Crippen LogP contribution in [-0.4, -0.2) is 49.3 Å². The molecule has 3 rings (SSSR count). The highest BCUT2D eigenvalue weighted by Gasteiger charge is 2.09. The van der Waals surface area contributed by atoms with Crippen LogP contribution in [0.25, 0.3) is 10.9 Å². The van der Waals surface area contributed by atoms with Gasteiger partial charge in [-0.05, 0) is 49.7 Å². The van der Waals surface area contributed by atoms with Crippen molar-refractivity contribution in [2.45, 2.75) is 13.3 Å². The van der Waals surface area contributed by atoms with Gasteiger partial charge in [0, 0.05) is 30.0 Å². The van der Waals surface area contributed by atoms with Gasteiger partial charge < -0.3 is 10.1 Å². The fourth-order valence-corrected chi connectivity index (χ4v) is 2.97. The molecule has 1 aliphatic heterocycles. The van der Waals surface area contributed by atoms with E-state index in [-0.39, 0.29) is 0 Å². The summed E-state index contributed by atoms with van der Waals surface area (Å²) in [5.74, 6) is 0.939. The molecule has 1 aromatic carbocycles. The summed E-state index contributed by atoms with van der Waals surface area (Å²) in [7, 11) is 0. The van der Waals surface area contributed by atoms with E-state index in [4.69, 9.17) is 16.3 Å². The number of hydrogen-bond acceptors (Lipinski definition) is 4. The van der Waals surface area contributed by atoms with Crippen molar-refractivity contribution in [2.24, 2.45) is 0 Å². The minimum absolute atomic E-state index is 0.753. The van der Waals surface area contributed by atoms with Crippen molar-refractivity contribution in [3.05, 3.63) is 34.9 Å². The first kappa shape index (κ1) is 15.5. The number of hydrogen-bond donors (Lipinski definition) is 1. The van der Waals surface area contributed by atoms with Crippen LogP contribution in [0.3, 0.4) is 0 Å². The number of fused-ring (bicyclic) bond motifs is 1. The lowest BCUT2D eigenvalue weighted by Gasteiger charge is -2.26. The molecule has 5 heteroatoms. The van der Waals surface area contributed by atoms with Crippen LogP contribution in [0.2, 0.25) is 5.02 Å². The Balaban J connectivity index is 1.56. The molecule has 1 saturated heterocycles. The molecular weight excluding hydrogens is 298 g/mol. The smallest absolute Gasteiger partial charge is 0.126 e. The highest BCUT2D eigenvalue weighted by Crippen LogP contribution is 2.23. The second-order valence-corrected chi connectivity index (χ2v) is 6.16. The lowest BCUT2D eigenvalue weighted by molar-refractivity contribution is 0.0378. The van der Waals surface area contributed by atoms with Gasteiger partial charge in [-0.1, -0.05) is 11.6 Å². The van der Waals surface area contributed by atoms with Crippen molar-refractivity contribution < 1.29 is 4.74 Å².